The molecule has 5 nitrogen and oxygen atoms in total. The average Bonchev–Trinajstić information content (AvgIpc) is 3.21. The number of nitrogens with one attached hydrogen (secondary N) is 2. The van der Waals surface area contributed by atoms with Crippen LogP contribution in [0.1, 0.15) is 42.5 Å². The summed E-state index contributed by atoms with van der Waals surface area (Å²) in [5.74, 6) is 1.59. The number of nitrogens with zero attached hydrogens (tertiary/aromatic N) is 1. The van der Waals surface area contributed by atoms with E-state index < -0.39 is 9.73 Å². The van der Waals surface area contributed by atoms with Crippen molar-refractivity contribution < 1.29 is 8.95 Å². The first-order valence-electron chi connectivity index (χ1n) is 10.5. The summed E-state index contributed by atoms with van der Waals surface area (Å²) in [6.45, 7) is 6.27. The molecular formula is C24H31N3O2S. The van der Waals surface area contributed by atoms with Crippen LogP contribution in [0.4, 0.5) is 0 Å². The van der Waals surface area contributed by atoms with E-state index in [-0.39, 0.29) is 0 Å². The zero-order valence-electron chi connectivity index (χ0n) is 18.2. The molecule has 1 fully saturated rings. The summed E-state index contributed by atoms with van der Waals surface area (Å²) in [5, 5.41) is 1.22. The van der Waals surface area contributed by atoms with Crippen molar-refractivity contribution in [2.45, 2.75) is 44.2 Å². The summed E-state index contributed by atoms with van der Waals surface area (Å²) in [6, 6.07) is 12.4. The van der Waals surface area contributed by atoms with Crippen LogP contribution in [-0.2, 0) is 16.3 Å². The highest BCUT2D eigenvalue weighted by molar-refractivity contribution is 7.91. The van der Waals surface area contributed by atoms with Crippen molar-refractivity contribution in [3.63, 3.8) is 0 Å². The van der Waals surface area contributed by atoms with Gasteiger partial charge in [0.15, 0.2) is 0 Å². The Morgan fingerprint density at radius 3 is 2.67 bits per heavy atom. The van der Waals surface area contributed by atoms with Crippen LogP contribution in [0.2, 0.25) is 0 Å². The van der Waals surface area contributed by atoms with E-state index in [0.29, 0.717) is 16.9 Å². The van der Waals surface area contributed by atoms with Gasteiger partial charge in [-0.1, -0.05) is 19.1 Å². The zero-order chi connectivity index (χ0) is 21.5. The van der Waals surface area contributed by atoms with Crippen LogP contribution >= 0.6 is 0 Å². The predicted octanol–water partition coefficient (Wildman–Crippen LogP) is 5.49. The van der Waals surface area contributed by atoms with Gasteiger partial charge >= 0.3 is 0 Å². The average molecular weight is 426 g/mol. The number of methoxy groups -OCH3 is 1. The Labute approximate surface area is 179 Å². The highest BCUT2D eigenvalue weighted by atomic mass is 32.2. The highest BCUT2D eigenvalue weighted by Gasteiger charge is 2.29. The third-order valence-corrected chi connectivity index (χ3v) is 7.55. The van der Waals surface area contributed by atoms with E-state index in [2.05, 4.69) is 48.0 Å². The van der Waals surface area contributed by atoms with Crippen LogP contribution in [0, 0.1) is 17.6 Å². The van der Waals surface area contributed by atoms with Gasteiger partial charge in [0, 0.05) is 46.4 Å². The van der Waals surface area contributed by atoms with Crippen LogP contribution in [0.3, 0.4) is 0 Å². The Bertz CT molecular complexity index is 1150. The van der Waals surface area contributed by atoms with Crippen molar-refractivity contribution in [1.82, 2.24) is 9.88 Å². The quantitative estimate of drug-likeness (QED) is 0.568. The molecule has 6 heteroatoms. The van der Waals surface area contributed by atoms with E-state index in [1.807, 2.05) is 18.3 Å². The predicted molar refractivity (Wildman–Crippen MR) is 123 cm³/mol. The van der Waals surface area contributed by atoms with Crippen LogP contribution in [0.15, 0.2) is 47.5 Å². The minimum atomic E-state index is -2.69. The molecule has 2 N–H and O–H groups in total. The van der Waals surface area contributed by atoms with Crippen molar-refractivity contribution >= 4 is 20.6 Å². The summed E-state index contributed by atoms with van der Waals surface area (Å²) in [6.07, 6.45) is 5.74. The van der Waals surface area contributed by atoms with Gasteiger partial charge in [-0.2, -0.15) is 0 Å². The van der Waals surface area contributed by atoms with E-state index >= 15 is 0 Å². The van der Waals surface area contributed by atoms with Gasteiger partial charge in [0.25, 0.3) is 0 Å². The van der Waals surface area contributed by atoms with Gasteiger partial charge in [-0.25, -0.2) is 8.99 Å². The Morgan fingerprint density at radius 2 is 2.00 bits per heavy atom. The zero-order valence-corrected chi connectivity index (χ0v) is 19.0. The molecular weight excluding hydrogens is 394 g/mol. The normalized spacial score (nSPS) is 22.1. The summed E-state index contributed by atoms with van der Waals surface area (Å²) in [4.78, 5) is 6.50. The second-order valence-corrected chi connectivity index (χ2v) is 10.8. The van der Waals surface area contributed by atoms with Crippen molar-refractivity contribution in [3.8, 4) is 5.75 Å². The van der Waals surface area contributed by atoms with Crippen molar-refractivity contribution in [2.24, 2.45) is 5.92 Å². The number of H-pyrrole nitrogens is 1. The molecule has 4 rings (SSSR count). The number of aromatic nitrogens is 1. The summed E-state index contributed by atoms with van der Waals surface area (Å²) < 4.78 is 25.7. The number of hydrogen-bond donors (Lipinski definition) is 2. The molecule has 0 amide bonds. The molecule has 160 valence electrons. The number of piperidine rings is 1. The van der Waals surface area contributed by atoms with Gasteiger partial charge in [-0.15, -0.1) is 0 Å². The van der Waals surface area contributed by atoms with Gasteiger partial charge in [-0.05, 0) is 67.6 Å². The lowest BCUT2D eigenvalue weighted by Gasteiger charge is -2.39. The summed E-state index contributed by atoms with van der Waals surface area (Å²) in [5.41, 5.74) is 4.81. The molecule has 30 heavy (non-hydrogen) atoms. The van der Waals surface area contributed by atoms with E-state index in [1.165, 1.54) is 40.3 Å². The first-order valence-corrected chi connectivity index (χ1v) is 12.5. The molecule has 0 radical (unpaired) electrons. The van der Waals surface area contributed by atoms with Gasteiger partial charge in [0.05, 0.1) is 16.8 Å². The Balaban J connectivity index is 1.70. The number of ether oxygens (including phenoxy) is 1. The summed E-state index contributed by atoms with van der Waals surface area (Å²) >= 11 is 0. The molecule has 0 spiro atoms. The molecule has 0 bridgehead atoms. The van der Waals surface area contributed by atoms with E-state index in [9.17, 15) is 4.21 Å². The Hall–Kier alpha value is -2.31. The largest absolute Gasteiger partial charge is 0.496 e. The maximum Gasteiger partial charge on any atom is 0.124 e. The monoisotopic (exact) mass is 425 g/mol. The number of hydrogen-bond acceptors (Lipinski definition) is 4. The fraction of sp³-hybridized carbons (Fsp3) is 0.417. The maximum absolute atomic E-state index is 12.1. The van der Waals surface area contributed by atoms with Gasteiger partial charge < -0.3 is 9.72 Å². The molecule has 1 aliphatic heterocycles. The second-order valence-electron chi connectivity index (χ2n) is 8.67. The van der Waals surface area contributed by atoms with E-state index in [4.69, 9.17) is 9.52 Å². The Morgan fingerprint density at radius 1 is 1.27 bits per heavy atom. The lowest BCUT2D eigenvalue weighted by molar-refractivity contribution is 0.110. The number of aryl methyl sites for hydroxylation is 1. The minimum absolute atomic E-state index is 0.293. The third-order valence-electron chi connectivity index (χ3n) is 6.38. The Kier molecular flexibility index (Phi) is 5.64. The van der Waals surface area contributed by atoms with Crippen LogP contribution in [0.25, 0.3) is 10.9 Å². The smallest absolute Gasteiger partial charge is 0.124 e. The molecule has 1 aromatic heterocycles. The van der Waals surface area contributed by atoms with Crippen molar-refractivity contribution in [2.75, 3.05) is 19.9 Å². The van der Waals surface area contributed by atoms with Gasteiger partial charge in [0.2, 0.25) is 0 Å². The molecule has 3 atom stereocenters. The van der Waals surface area contributed by atoms with Gasteiger partial charge in [0.1, 0.15) is 5.75 Å². The number of benzene rings is 2. The number of fused-ring (bicyclic) bond motifs is 1. The van der Waals surface area contributed by atoms with Gasteiger partial charge in [-0.3, -0.25) is 4.90 Å². The van der Waals surface area contributed by atoms with Crippen molar-refractivity contribution in [3.05, 3.63) is 59.3 Å². The highest BCUT2D eigenvalue weighted by Crippen LogP contribution is 2.38. The first-order chi connectivity index (χ1) is 14.3. The lowest BCUT2D eigenvalue weighted by atomic mass is 9.87. The molecule has 2 heterocycles. The summed E-state index contributed by atoms with van der Waals surface area (Å²) in [7, 11) is -0.943. The van der Waals surface area contributed by atoms with Crippen molar-refractivity contribution in [1.29, 1.82) is 4.78 Å². The maximum atomic E-state index is 12.1. The molecule has 1 aliphatic rings. The molecule has 0 saturated carbocycles. The third kappa shape index (κ3) is 3.98. The number of aromatic amines is 1. The minimum Gasteiger partial charge on any atom is -0.496 e. The molecule has 0 aliphatic carbocycles. The van der Waals surface area contributed by atoms with E-state index in [0.717, 1.165) is 25.3 Å². The fourth-order valence-corrected chi connectivity index (χ4v) is 5.32. The molecule has 3 aromatic rings. The standard InChI is InChI=1S/C24H31N3O2S/c1-16-10-12-27(22(13-16)18-5-7-19(8-6-18)30(4,25)28)15-21-20-9-11-26-24(20)17(2)14-23(21)29-3/h5-9,11,14,16,22,25-26H,10,12-13,15H2,1-4H3/t16-,22?,30+/m1/s1. The van der Waals surface area contributed by atoms with E-state index in [1.54, 1.807) is 7.11 Å². The topological polar surface area (TPSA) is 69.2 Å². The molecule has 1 unspecified atom stereocenters. The first kappa shape index (κ1) is 20.9. The SMILES string of the molecule is COc1cc(C)c2[nH]ccc2c1CN1CC[C@@H](C)CC1c1ccc([S@@](C)(=N)=O)cc1. The van der Waals surface area contributed by atoms with Crippen LogP contribution in [0.5, 0.6) is 5.75 Å². The fourth-order valence-electron chi connectivity index (χ4n) is 4.66. The van der Waals surface area contributed by atoms with Crippen LogP contribution < -0.4 is 4.74 Å². The second kappa shape index (κ2) is 8.08. The number of rotatable bonds is 5. The van der Waals surface area contributed by atoms with Crippen LogP contribution in [-0.4, -0.2) is 34.0 Å². The number of likely N-dealkylation sites (tertiary alicyclic amines) is 1. The lowest BCUT2D eigenvalue weighted by Crippen LogP contribution is -2.36. The molecule has 1 saturated heterocycles. The molecule has 2 aromatic carbocycles.